The van der Waals surface area contributed by atoms with Crippen molar-refractivity contribution in [3.63, 3.8) is 0 Å². The minimum Gasteiger partial charge on any atom is -0.457 e. The van der Waals surface area contributed by atoms with Gasteiger partial charge >= 0.3 is 13.8 Å². The topological polar surface area (TPSA) is 91.3 Å². The average molecular weight is 747 g/mol. The summed E-state index contributed by atoms with van der Waals surface area (Å²) in [5, 5.41) is 0. The molecule has 0 radical (unpaired) electrons. The second-order valence-electron chi connectivity index (χ2n) is 15.7. The molecule has 0 aliphatic carbocycles. The van der Waals surface area contributed by atoms with E-state index >= 15 is 0 Å². The summed E-state index contributed by atoms with van der Waals surface area (Å²) in [5.41, 5.74) is 0. The zero-order chi connectivity index (χ0) is 37.7. The van der Waals surface area contributed by atoms with Crippen molar-refractivity contribution in [3.8, 4) is 0 Å². The van der Waals surface area contributed by atoms with E-state index in [0.29, 0.717) is 24.1 Å². The summed E-state index contributed by atoms with van der Waals surface area (Å²) < 4.78 is 35.0. The highest BCUT2D eigenvalue weighted by Crippen LogP contribution is 2.43. The lowest BCUT2D eigenvalue weighted by molar-refractivity contribution is -0.870. The van der Waals surface area contributed by atoms with Crippen molar-refractivity contribution in [2.45, 2.75) is 200 Å². The number of hydrogen-bond acceptors (Lipinski definition) is 6. The second kappa shape index (κ2) is 36.2. The van der Waals surface area contributed by atoms with Gasteiger partial charge in [-0.3, -0.25) is 13.8 Å². The van der Waals surface area contributed by atoms with Crippen molar-refractivity contribution >= 4 is 13.8 Å². The molecule has 2 unspecified atom stereocenters. The van der Waals surface area contributed by atoms with Gasteiger partial charge in [-0.1, -0.05) is 161 Å². The molecule has 0 fully saturated rings. The molecule has 0 amide bonds. The first-order valence-electron chi connectivity index (χ1n) is 21.4. The van der Waals surface area contributed by atoms with Crippen molar-refractivity contribution in [2.24, 2.45) is 0 Å². The predicted molar refractivity (Wildman–Crippen MR) is 215 cm³/mol. The molecule has 0 spiro atoms. The Morgan fingerprint density at radius 2 is 1.02 bits per heavy atom. The minimum atomic E-state index is -4.27. The number of likely N-dealkylation sites (N-methyl/N-ethyl adjacent to an activating group) is 1. The van der Waals surface area contributed by atoms with Crippen LogP contribution in [-0.2, 0) is 27.9 Å². The van der Waals surface area contributed by atoms with Gasteiger partial charge in [0.15, 0.2) is 0 Å². The molecule has 0 aliphatic rings. The summed E-state index contributed by atoms with van der Waals surface area (Å²) >= 11 is 0. The van der Waals surface area contributed by atoms with Crippen LogP contribution < -0.4 is 0 Å². The number of hydrogen-bond donors (Lipinski definition) is 1. The van der Waals surface area contributed by atoms with Crippen molar-refractivity contribution in [1.82, 2.24) is 0 Å². The number of quaternary nitrogens is 1. The van der Waals surface area contributed by atoms with Crippen LogP contribution in [0.2, 0.25) is 0 Å². The number of phosphoric acid groups is 1. The van der Waals surface area contributed by atoms with Crippen LogP contribution >= 0.6 is 7.82 Å². The van der Waals surface area contributed by atoms with E-state index in [1.807, 2.05) is 21.1 Å². The van der Waals surface area contributed by atoms with Gasteiger partial charge < -0.3 is 18.9 Å². The Bertz CT molecular complexity index is 833. The van der Waals surface area contributed by atoms with Crippen LogP contribution in [0.4, 0.5) is 0 Å². The van der Waals surface area contributed by atoms with Gasteiger partial charge in [-0.25, -0.2) is 4.57 Å². The number of carbonyl (C=O) groups is 1. The van der Waals surface area contributed by atoms with Gasteiger partial charge in [0.1, 0.15) is 19.3 Å². The first-order valence-corrected chi connectivity index (χ1v) is 22.9. The molecule has 0 aromatic carbocycles. The summed E-state index contributed by atoms with van der Waals surface area (Å²) in [6, 6.07) is 0. The molecule has 9 heteroatoms. The van der Waals surface area contributed by atoms with Crippen molar-refractivity contribution in [3.05, 3.63) is 12.2 Å². The molecular formula is C42H85NO7P+. The Kier molecular flexibility index (Phi) is 35.7. The normalized spacial score (nSPS) is 13.9. The summed E-state index contributed by atoms with van der Waals surface area (Å²) in [6.07, 6.45) is 38.0. The maximum atomic E-state index is 12.7. The van der Waals surface area contributed by atoms with Gasteiger partial charge in [-0.05, 0) is 38.5 Å². The maximum absolute atomic E-state index is 12.7. The summed E-state index contributed by atoms with van der Waals surface area (Å²) in [7, 11) is 1.67. The fourth-order valence-electron chi connectivity index (χ4n) is 5.96. The molecule has 0 rings (SSSR count). The third-order valence-corrected chi connectivity index (χ3v) is 10.3. The fourth-order valence-corrected chi connectivity index (χ4v) is 6.70. The SMILES string of the molecule is CCCCCCC/C=C\CCCCCCCCOCC(COP(=O)(O)OCC[N+](C)(C)C)OC(=O)CCCCCCCCCCCCCCCC. The number of allylic oxidation sites excluding steroid dienone is 2. The van der Waals surface area contributed by atoms with Gasteiger partial charge in [0.2, 0.25) is 0 Å². The van der Waals surface area contributed by atoms with Gasteiger partial charge in [-0.2, -0.15) is 0 Å². The first kappa shape index (κ1) is 50.2. The number of esters is 1. The van der Waals surface area contributed by atoms with Gasteiger partial charge in [0.25, 0.3) is 0 Å². The molecule has 0 bridgehead atoms. The van der Waals surface area contributed by atoms with Crippen LogP contribution in [0.3, 0.4) is 0 Å². The smallest absolute Gasteiger partial charge is 0.457 e. The molecule has 2 atom stereocenters. The number of nitrogens with zero attached hydrogens (tertiary/aromatic N) is 1. The highest BCUT2D eigenvalue weighted by Gasteiger charge is 2.26. The Morgan fingerprint density at radius 3 is 1.49 bits per heavy atom. The quantitative estimate of drug-likeness (QED) is 0.0219. The number of ether oxygens (including phenoxy) is 2. The molecule has 0 heterocycles. The molecule has 0 aromatic rings. The molecule has 1 N–H and O–H groups in total. The molecule has 8 nitrogen and oxygen atoms in total. The average Bonchev–Trinajstić information content (AvgIpc) is 3.08. The van der Waals surface area contributed by atoms with Crippen LogP contribution in [0.15, 0.2) is 12.2 Å². The zero-order valence-corrected chi connectivity index (χ0v) is 35.3. The molecule has 304 valence electrons. The number of carbonyl (C=O) groups excluding carboxylic acids is 1. The van der Waals surface area contributed by atoms with Crippen molar-refractivity contribution in [2.75, 3.05) is 54.1 Å². The molecule has 0 aromatic heterocycles. The van der Waals surface area contributed by atoms with Crippen LogP contribution in [-0.4, -0.2) is 75.6 Å². The number of unbranched alkanes of at least 4 members (excludes halogenated alkanes) is 24. The predicted octanol–water partition coefficient (Wildman–Crippen LogP) is 12.3. The van der Waals surface area contributed by atoms with E-state index in [1.165, 1.54) is 141 Å². The van der Waals surface area contributed by atoms with Crippen molar-refractivity contribution < 1.29 is 37.3 Å². The fraction of sp³-hybridized carbons (Fsp3) is 0.929. The van der Waals surface area contributed by atoms with E-state index in [1.54, 1.807) is 0 Å². The summed E-state index contributed by atoms with van der Waals surface area (Å²) in [6.45, 7) is 5.63. The van der Waals surface area contributed by atoms with E-state index in [4.69, 9.17) is 18.5 Å². The Balaban J connectivity index is 4.23. The van der Waals surface area contributed by atoms with Gasteiger partial charge in [-0.15, -0.1) is 0 Å². The van der Waals surface area contributed by atoms with E-state index in [9.17, 15) is 14.3 Å². The first-order chi connectivity index (χ1) is 24.6. The molecule has 51 heavy (non-hydrogen) atoms. The monoisotopic (exact) mass is 747 g/mol. The highest BCUT2D eigenvalue weighted by atomic mass is 31.2. The van der Waals surface area contributed by atoms with Crippen LogP contribution in [0.1, 0.15) is 194 Å². The number of rotatable bonds is 40. The van der Waals surface area contributed by atoms with E-state index in [0.717, 1.165) is 32.1 Å². The standard InChI is InChI=1S/C42H84NO7P/c1-6-8-10-12-14-16-18-20-22-24-26-28-30-32-34-37-47-39-41(40-49-51(45,46)48-38-36-43(3,4)5)50-42(44)35-33-31-29-27-25-23-21-19-17-15-13-11-9-7-2/h18,20,41H,6-17,19,21-40H2,1-5H3/p+1/b20-18-. The third-order valence-electron chi connectivity index (χ3n) is 9.33. The number of phosphoric ester groups is 1. The summed E-state index contributed by atoms with van der Waals surface area (Å²) in [5.74, 6) is -0.313. The highest BCUT2D eigenvalue weighted by molar-refractivity contribution is 7.47. The molecule has 0 aliphatic heterocycles. The lowest BCUT2D eigenvalue weighted by Gasteiger charge is -2.24. The van der Waals surface area contributed by atoms with Gasteiger partial charge in [0.05, 0.1) is 34.4 Å². The van der Waals surface area contributed by atoms with E-state index in [2.05, 4.69) is 26.0 Å². The largest absolute Gasteiger partial charge is 0.472 e. The lowest BCUT2D eigenvalue weighted by atomic mass is 10.0. The minimum absolute atomic E-state index is 0.0905. The van der Waals surface area contributed by atoms with E-state index in [-0.39, 0.29) is 25.8 Å². The molecule has 0 saturated heterocycles. The Labute approximate surface area is 316 Å². The van der Waals surface area contributed by atoms with Crippen LogP contribution in [0.25, 0.3) is 0 Å². The molecule has 0 saturated carbocycles. The van der Waals surface area contributed by atoms with Crippen LogP contribution in [0.5, 0.6) is 0 Å². The zero-order valence-electron chi connectivity index (χ0n) is 34.4. The molecular weight excluding hydrogens is 661 g/mol. The van der Waals surface area contributed by atoms with Crippen molar-refractivity contribution in [1.29, 1.82) is 0 Å². The maximum Gasteiger partial charge on any atom is 0.472 e. The van der Waals surface area contributed by atoms with Crippen LogP contribution in [0, 0.1) is 0 Å². The van der Waals surface area contributed by atoms with Gasteiger partial charge in [0, 0.05) is 13.0 Å². The summed E-state index contributed by atoms with van der Waals surface area (Å²) in [4.78, 5) is 22.8. The van der Waals surface area contributed by atoms with E-state index < -0.39 is 13.9 Å². The lowest BCUT2D eigenvalue weighted by Crippen LogP contribution is -2.37. The third kappa shape index (κ3) is 40.3. The Hall–Kier alpha value is -0.760. The second-order valence-corrected chi connectivity index (χ2v) is 17.2. The Morgan fingerprint density at radius 1 is 0.588 bits per heavy atom.